The van der Waals surface area contributed by atoms with Crippen molar-refractivity contribution >= 4 is 27.7 Å². The van der Waals surface area contributed by atoms with E-state index in [4.69, 9.17) is 0 Å². The minimum atomic E-state index is -0.529. The van der Waals surface area contributed by atoms with E-state index >= 15 is 0 Å². The van der Waals surface area contributed by atoms with Crippen LogP contribution in [0.2, 0.25) is 0 Å². The van der Waals surface area contributed by atoms with Crippen molar-refractivity contribution in [3.63, 3.8) is 0 Å². The average molecular weight is 419 g/mol. The van der Waals surface area contributed by atoms with E-state index in [2.05, 4.69) is 52.5 Å². The molecule has 26 heavy (non-hydrogen) atoms. The first kappa shape index (κ1) is 17.7. The first-order valence-electron chi connectivity index (χ1n) is 7.65. The summed E-state index contributed by atoms with van der Waals surface area (Å²) in [6.07, 6.45) is 1.45. The summed E-state index contributed by atoms with van der Waals surface area (Å²) in [6, 6.07) is 6.57. The Labute approximate surface area is 156 Å². The van der Waals surface area contributed by atoms with Crippen molar-refractivity contribution in [1.82, 2.24) is 41.3 Å². The van der Waals surface area contributed by atoms with Crippen LogP contribution in [0, 0.1) is 0 Å². The lowest BCUT2D eigenvalue weighted by Crippen LogP contribution is -2.41. The fourth-order valence-electron chi connectivity index (χ4n) is 2.16. The molecule has 2 heterocycles. The first-order valence-corrected chi connectivity index (χ1v) is 8.44. The molecule has 3 aromatic rings. The molecule has 2 aromatic heterocycles. The van der Waals surface area contributed by atoms with E-state index in [9.17, 15) is 9.59 Å². The summed E-state index contributed by atoms with van der Waals surface area (Å²) < 4.78 is 2.04. The number of carbonyl (C=O) groups is 2. The van der Waals surface area contributed by atoms with Crippen molar-refractivity contribution in [3.8, 4) is 5.69 Å². The molecule has 0 unspecified atom stereocenters. The van der Waals surface area contributed by atoms with Gasteiger partial charge in [-0.2, -0.15) is 5.10 Å². The summed E-state index contributed by atoms with van der Waals surface area (Å²) in [7, 11) is 0. The molecule has 1 aromatic carbocycles. The van der Waals surface area contributed by atoms with Crippen LogP contribution in [0.5, 0.6) is 0 Å². The third kappa shape index (κ3) is 3.61. The van der Waals surface area contributed by atoms with Crippen LogP contribution in [-0.2, 0) is 0 Å². The number of aromatic nitrogens is 6. The Balaban J connectivity index is 1.62. The largest absolute Gasteiger partial charge is 0.291 e. The highest BCUT2D eigenvalue weighted by Crippen LogP contribution is 2.25. The molecule has 0 bridgehead atoms. The van der Waals surface area contributed by atoms with Gasteiger partial charge in [-0.3, -0.25) is 25.5 Å². The number of rotatable bonds is 4. The smallest absolute Gasteiger partial charge is 0.280 e. The van der Waals surface area contributed by atoms with Gasteiger partial charge in [0.15, 0.2) is 5.69 Å². The lowest BCUT2D eigenvalue weighted by molar-refractivity contribution is 0.0843. The second-order valence-electron chi connectivity index (χ2n) is 5.66. The number of hydrogen-bond donors (Lipinski definition) is 3. The molecule has 0 spiro atoms. The van der Waals surface area contributed by atoms with E-state index in [1.54, 1.807) is 24.3 Å². The molecule has 0 saturated heterocycles. The van der Waals surface area contributed by atoms with Gasteiger partial charge >= 0.3 is 0 Å². The molecule has 0 saturated carbocycles. The molecule has 10 nitrogen and oxygen atoms in total. The van der Waals surface area contributed by atoms with Crippen LogP contribution >= 0.6 is 15.9 Å². The number of tetrazole rings is 1. The van der Waals surface area contributed by atoms with Crippen LogP contribution in [-0.4, -0.2) is 42.2 Å². The number of hydrazine groups is 1. The van der Waals surface area contributed by atoms with E-state index in [1.807, 2.05) is 13.8 Å². The van der Waals surface area contributed by atoms with Crippen LogP contribution in [0.3, 0.4) is 0 Å². The Morgan fingerprint density at radius 2 is 1.85 bits per heavy atom. The van der Waals surface area contributed by atoms with Crippen molar-refractivity contribution in [2.24, 2.45) is 0 Å². The first-order chi connectivity index (χ1) is 12.5. The molecule has 11 heteroatoms. The van der Waals surface area contributed by atoms with Crippen molar-refractivity contribution in [2.75, 3.05) is 0 Å². The number of nitrogens with zero attached hydrogens (tertiary/aromatic N) is 5. The molecule has 134 valence electrons. The summed E-state index contributed by atoms with van der Waals surface area (Å²) in [5, 5.41) is 17.6. The highest BCUT2D eigenvalue weighted by molar-refractivity contribution is 9.10. The van der Waals surface area contributed by atoms with Crippen LogP contribution < -0.4 is 10.9 Å². The van der Waals surface area contributed by atoms with Gasteiger partial charge in [0.05, 0.1) is 15.9 Å². The highest BCUT2D eigenvalue weighted by Gasteiger charge is 2.19. The Hall–Kier alpha value is -3.08. The molecule has 2 amide bonds. The standard InChI is InChI=1S/C15H15BrN8O2/c1-8(2)12-11(16)13(19-18-12)15(26)21-20-14(25)9-3-5-10(6-4-9)24-7-17-22-23-24/h3-8H,1-2H3,(H,18,19)(H,20,25)(H,21,26). The van der Waals surface area contributed by atoms with E-state index in [0.717, 1.165) is 5.69 Å². The maximum Gasteiger partial charge on any atom is 0.291 e. The number of H-pyrrole nitrogens is 1. The summed E-state index contributed by atoms with van der Waals surface area (Å²) >= 11 is 3.35. The Bertz CT molecular complexity index is 918. The van der Waals surface area contributed by atoms with Gasteiger partial charge in [-0.25, -0.2) is 4.68 Å². The number of nitrogens with one attached hydrogen (secondary N) is 3. The fraction of sp³-hybridized carbons (Fsp3) is 0.200. The minimum Gasteiger partial charge on any atom is -0.280 e. The van der Waals surface area contributed by atoms with E-state index in [1.165, 1.54) is 11.0 Å². The quantitative estimate of drug-likeness (QED) is 0.548. The van der Waals surface area contributed by atoms with E-state index in [0.29, 0.717) is 15.7 Å². The van der Waals surface area contributed by atoms with Crippen molar-refractivity contribution < 1.29 is 9.59 Å². The van der Waals surface area contributed by atoms with Crippen molar-refractivity contribution in [1.29, 1.82) is 0 Å². The van der Waals surface area contributed by atoms with Gasteiger partial charge in [0, 0.05) is 5.56 Å². The monoisotopic (exact) mass is 418 g/mol. The van der Waals surface area contributed by atoms with Gasteiger partial charge in [-0.15, -0.1) is 5.10 Å². The number of hydrogen-bond acceptors (Lipinski definition) is 6. The third-order valence-corrected chi connectivity index (χ3v) is 4.36. The zero-order chi connectivity index (χ0) is 18.7. The molecule has 0 aliphatic heterocycles. The normalized spacial score (nSPS) is 10.8. The van der Waals surface area contributed by atoms with Crippen LogP contribution in [0.15, 0.2) is 35.1 Å². The van der Waals surface area contributed by atoms with E-state index in [-0.39, 0.29) is 11.6 Å². The topological polar surface area (TPSA) is 130 Å². The lowest BCUT2D eigenvalue weighted by Gasteiger charge is -2.07. The zero-order valence-corrected chi connectivity index (χ0v) is 15.5. The van der Waals surface area contributed by atoms with Crippen LogP contribution in [0.4, 0.5) is 0 Å². The molecular weight excluding hydrogens is 404 g/mol. The number of halogens is 1. The summed E-state index contributed by atoms with van der Waals surface area (Å²) in [4.78, 5) is 24.3. The van der Waals surface area contributed by atoms with Gasteiger partial charge in [0.2, 0.25) is 0 Å². The van der Waals surface area contributed by atoms with Gasteiger partial charge in [0.1, 0.15) is 6.33 Å². The predicted molar refractivity (Wildman–Crippen MR) is 94.5 cm³/mol. The zero-order valence-electron chi connectivity index (χ0n) is 13.9. The van der Waals surface area contributed by atoms with Gasteiger partial charge in [0.25, 0.3) is 11.8 Å². The summed E-state index contributed by atoms with van der Waals surface area (Å²) in [5.41, 5.74) is 6.75. The number of benzene rings is 1. The van der Waals surface area contributed by atoms with Crippen molar-refractivity contribution in [3.05, 3.63) is 52.0 Å². The maximum absolute atomic E-state index is 12.2. The van der Waals surface area contributed by atoms with Crippen LogP contribution in [0.25, 0.3) is 5.69 Å². The molecule has 3 rings (SSSR count). The van der Waals surface area contributed by atoms with Crippen molar-refractivity contribution in [2.45, 2.75) is 19.8 Å². The minimum absolute atomic E-state index is 0.169. The van der Waals surface area contributed by atoms with Gasteiger partial charge < -0.3 is 0 Å². The maximum atomic E-state index is 12.2. The molecule has 0 atom stereocenters. The van der Waals surface area contributed by atoms with Gasteiger partial charge in [-0.1, -0.05) is 13.8 Å². The molecule has 0 aliphatic carbocycles. The fourth-order valence-corrected chi connectivity index (χ4v) is 2.98. The Morgan fingerprint density at radius 3 is 2.42 bits per heavy atom. The number of amides is 2. The number of carbonyl (C=O) groups excluding carboxylic acids is 2. The van der Waals surface area contributed by atoms with Crippen LogP contribution in [0.1, 0.15) is 46.3 Å². The second-order valence-corrected chi connectivity index (χ2v) is 6.46. The molecule has 0 aliphatic rings. The Kier molecular flexibility index (Phi) is 5.07. The SMILES string of the molecule is CC(C)c1[nH]nc(C(=O)NNC(=O)c2ccc(-n3cnnn3)cc2)c1Br. The molecular formula is C15H15BrN8O2. The number of aromatic amines is 1. The molecule has 0 fully saturated rings. The predicted octanol–water partition coefficient (Wildman–Crippen LogP) is 1.35. The van der Waals surface area contributed by atoms with Gasteiger partial charge in [-0.05, 0) is 56.5 Å². The van der Waals surface area contributed by atoms with E-state index < -0.39 is 11.8 Å². The molecule has 3 N–H and O–H groups in total. The Morgan fingerprint density at radius 1 is 1.15 bits per heavy atom. The highest BCUT2D eigenvalue weighted by atomic mass is 79.9. The third-order valence-electron chi connectivity index (χ3n) is 3.56. The molecule has 0 radical (unpaired) electrons. The average Bonchev–Trinajstić information content (AvgIpc) is 3.29. The second kappa shape index (κ2) is 7.44. The lowest BCUT2D eigenvalue weighted by atomic mass is 10.1. The summed E-state index contributed by atoms with van der Waals surface area (Å²) in [5.74, 6) is -0.817. The summed E-state index contributed by atoms with van der Waals surface area (Å²) in [6.45, 7) is 3.95.